The summed E-state index contributed by atoms with van der Waals surface area (Å²) in [6, 6.07) is 4.79. The van der Waals surface area contributed by atoms with Crippen LogP contribution in [0.15, 0.2) is 18.2 Å². The van der Waals surface area contributed by atoms with Gasteiger partial charge in [0.1, 0.15) is 0 Å². The molecule has 0 unspecified atom stereocenters. The summed E-state index contributed by atoms with van der Waals surface area (Å²) >= 11 is 5.71. The molecule has 0 saturated heterocycles. The number of hydrogen-bond donors (Lipinski definition) is 1. The Morgan fingerprint density at radius 2 is 2.12 bits per heavy atom. The first-order valence-electron chi connectivity index (χ1n) is 4.66. The van der Waals surface area contributed by atoms with Crippen molar-refractivity contribution in [2.75, 3.05) is 12.4 Å². The van der Waals surface area contributed by atoms with Gasteiger partial charge < -0.3 is 5.32 Å². The lowest BCUT2D eigenvalue weighted by Crippen LogP contribution is -2.00. The molecular formula is C10H10ClFN4. The average Bonchev–Trinajstić information content (AvgIpc) is 2.64. The Bertz CT molecular complexity index is 524. The molecule has 1 N–H and O–H groups in total. The molecule has 0 aliphatic heterocycles. The predicted octanol–water partition coefficient (Wildman–Crippen LogP) is 2.32. The summed E-state index contributed by atoms with van der Waals surface area (Å²) in [7, 11) is 3.48. The molecule has 0 aliphatic carbocycles. The van der Waals surface area contributed by atoms with Gasteiger partial charge in [0.15, 0.2) is 11.6 Å². The lowest BCUT2D eigenvalue weighted by Gasteiger charge is -2.04. The smallest absolute Gasteiger partial charge is 0.224 e. The van der Waals surface area contributed by atoms with E-state index in [9.17, 15) is 4.39 Å². The van der Waals surface area contributed by atoms with Crippen LogP contribution in [0.5, 0.6) is 0 Å². The first kappa shape index (κ1) is 10.9. The summed E-state index contributed by atoms with van der Waals surface area (Å²) in [4.78, 5) is 0. The van der Waals surface area contributed by atoms with Crippen LogP contribution in [0.3, 0.4) is 0 Å². The number of anilines is 1. The molecule has 0 amide bonds. The molecule has 0 fully saturated rings. The molecule has 16 heavy (non-hydrogen) atoms. The van der Waals surface area contributed by atoms with Crippen LogP contribution >= 0.6 is 11.6 Å². The van der Waals surface area contributed by atoms with Crippen molar-refractivity contribution < 1.29 is 4.39 Å². The predicted molar refractivity (Wildman–Crippen MR) is 61.0 cm³/mol. The van der Waals surface area contributed by atoms with Crippen LogP contribution in [0.4, 0.5) is 10.3 Å². The molecule has 0 bridgehead atoms. The fraction of sp³-hybridized carbons (Fsp3) is 0.200. The van der Waals surface area contributed by atoms with E-state index in [1.807, 2.05) is 0 Å². The van der Waals surface area contributed by atoms with Gasteiger partial charge in [0, 0.05) is 14.1 Å². The maximum atomic E-state index is 13.7. The van der Waals surface area contributed by atoms with E-state index < -0.39 is 5.82 Å². The highest BCUT2D eigenvalue weighted by atomic mass is 35.5. The van der Waals surface area contributed by atoms with Gasteiger partial charge >= 0.3 is 0 Å². The van der Waals surface area contributed by atoms with Crippen molar-refractivity contribution in [3.05, 3.63) is 29.0 Å². The van der Waals surface area contributed by atoms with E-state index in [4.69, 9.17) is 11.6 Å². The molecule has 2 aromatic rings. The number of nitrogens with zero attached hydrogens (tertiary/aromatic N) is 3. The summed E-state index contributed by atoms with van der Waals surface area (Å²) in [5.41, 5.74) is 0.337. The Morgan fingerprint density at radius 1 is 1.38 bits per heavy atom. The van der Waals surface area contributed by atoms with E-state index in [1.165, 1.54) is 6.07 Å². The Labute approximate surface area is 97.1 Å². The minimum Gasteiger partial charge on any atom is -0.357 e. The topological polar surface area (TPSA) is 42.7 Å². The van der Waals surface area contributed by atoms with E-state index in [-0.39, 0.29) is 5.02 Å². The van der Waals surface area contributed by atoms with Crippen molar-refractivity contribution in [2.45, 2.75) is 0 Å². The van der Waals surface area contributed by atoms with Crippen LogP contribution in [-0.2, 0) is 7.05 Å². The molecule has 0 atom stereocenters. The normalized spacial score (nSPS) is 10.5. The molecule has 6 heteroatoms. The molecule has 0 aliphatic rings. The number of hydrogen-bond acceptors (Lipinski definition) is 3. The minimum atomic E-state index is -0.484. The van der Waals surface area contributed by atoms with Gasteiger partial charge in [-0.05, 0) is 12.1 Å². The second-order valence-electron chi connectivity index (χ2n) is 3.26. The summed E-state index contributed by atoms with van der Waals surface area (Å²) in [5.74, 6) is 0.515. The summed E-state index contributed by atoms with van der Waals surface area (Å²) in [6.07, 6.45) is 0. The van der Waals surface area contributed by atoms with Crippen LogP contribution in [-0.4, -0.2) is 21.8 Å². The quantitative estimate of drug-likeness (QED) is 0.876. The van der Waals surface area contributed by atoms with Gasteiger partial charge in [-0.1, -0.05) is 17.7 Å². The van der Waals surface area contributed by atoms with Crippen molar-refractivity contribution in [2.24, 2.45) is 7.05 Å². The van der Waals surface area contributed by atoms with Gasteiger partial charge in [0.2, 0.25) is 5.95 Å². The maximum absolute atomic E-state index is 13.7. The highest BCUT2D eigenvalue weighted by molar-refractivity contribution is 6.31. The monoisotopic (exact) mass is 240 g/mol. The Kier molecular flexibility index (Phi) is 2.78. The summed E-state index contributed by atoms with van der Waals surface area (Å²) in [6.45, 7) is 0. The van der Waals surface area contributed by atoms with E-state index in [1.54, 1.807) is 30.8 Å². The van der Waals surface area contributed by atoms with Gasteiger partial charge in [-0.2, -0.15) is 0 Å². The Morgan fingerprint density at radius 3 is 2.75 bits per heavy atom. The summed E-state index contributed by atoms with van der Waals surface area (Å²) < 4.78 is 15.4. The van der Waals surface area contributed by atoms with E-state index >= 15 is 0 Å². The van der Waals surface area contributed by atoms with Crippen molar-refractivity contribution in [3.63, 3.8) is 0 Å². The Hall–Kier alpha value is -1.62. The zero-order valence-corrected chi connectivity index (χ0v) is 9.59. The highest BCUT2D eigenvalue weighted by Gasteiger charge is 2.15. The lowest BCUT2D eigenvalue weighted by molar-refractivity contribution is 0.629. The second-order valence-corrected chi connectivity index (χ2v) is 3.66. The molecule has 1 aromatic heterocycles. The molecule has 2 rings (SSSR count). The van der Waals surface area contributed by atoms with Crippen LogP contribution < -0.4 is 5.32 Å². The van der Waals surface area contributed by atoms with Crippen LogP contribution in [0.1, 0.15) is 0 Å². The second kappa shape index (κ2) is 4.09. The fourth-order valence-corrected chi connectivity index (χ4v) is 1.63. The van der Waals surface area contributed by atoms with Gasteiger partial charge in [-0.25, -0.2) is 4.39 Å². The van der Waals surface area contributed by atoms with Gasteiger partial charge in [0.25, 0.3) is 0 Å². The molecule has 0 spiro atoms. The van der Waals surface area contributed by atoms with Crippen molar-refractivity contribution in [1.29, 1.82) is 0 Å². The summed E-state index contributed by atoms with van der Waals surface area (Å²) in [5, 5.41) is 10.7. The van der Waals surface area contributed by atoms with Crippen molar-refractivity contribution >= 4 is 17.5 Å². The van der Waals surface area contributed by atoms with Gasteiger partial charge in [-0.15, -0.1) is 10.2 Å². The van der Waals surface area contributed by atoms with Gasteiger partial charge in [0.05, 0.1) is 10.6 Å². The third-order valence-electron chi connectivity index (χ3n) is 2.29. The molecule has 0 saturated carbocycles. The van der Waals surface area contributed by atoms with Gasteiger partial charge in [-0.3, -0.25) is 4.57 Å². The standard InChI is InChI=1S/C10H10ClFN4/c1-13-10-15-14-9(16(10)2)6-4-3-5-7(11)8(6)12/h3-5H,1-2H3,(H,13,15). The number of rotatable bonds is 2. The molecular weight excluding hydrogens is 231 g/mol. The molecule has 84 valence electrons. The first-order valence-corrected chi connectivity index (χ1v) is 5.04. The van der Waals surface area contributed by atoms with Crippen molar-refractivity contribution in [3.8, 4) is 11.4 Å². The maximum Gasteiger partial charge on any atom is 0.224 e. The van der Waals surface area contributed by atoms with E-state index in [2.05, 4.69) is 15.5 Å². The number of halogens is 2. The van der Waals surface area contributed by atoms with Crippen LogP contribution in [0.25, 0.3) is 11.4 Å². The zero-order valence-electron chi connectivity index (χ0n) is 8.83. The molecule has 1 heterocycles. The SMILES string of the molecule is CNc1nnc(-c2cccc(Cl)c2F)n1C. The fourth-order valence-electron chi connectivity index (χ4n) is 1.46. The van der Waals surface area contributed by atoms with Crippen LogP contribution in [0.2, 0.25) is 5.02 Å². The average molecular weight is 241 g/mol. The third kappa shape index (κ3) is 1.63. The van der Waals surface area contributed by atoms with Crippen LogP contribution in [0, 0.1) is 5.82 Å². The largest absolute Gasteiger partial charge is 0.357 e. The number of benzene rings is 1. The van der Waals surface area contributed by atoms with E-state index in [0.717, 1.165) is 0 Å². The zero-order chi connectivity index (χ0) is 11.7. The highest BCUT2D eigenvalue weighted by Crippen LogP contribution is 2.26. The lowest BCUT2D eigenvalue weighted by atomic mass is 10.2. The number of nitrogens with one attached hydrogen (secondary N) is 1. The Balaban J connectivity index is 2.59. The number of aromatic nitrogens is 3. The third-order valence-corrected chi connectivity index (χ3v) is 2.58. The van der Waals surface area contributed by atoms with E-state index in [0.29, 0.717) is 17.3 Å². The minimum absolute atomic E-state index is 0.0755. The first-order chi connectivity index (χ1) is 7.65. The molecule has 4 nitrogen and oxygen atoms in total. The molecule has 0 radical (unpaired) electrons. The molecule has 1 aromatic carbocycles. The van der Waals surface area contributed by atoms with Crippen molar-refractivity contribution in [1.82, 2.24) is 14.8 Å².